The average molecular weight is 373 g/mol. The van der Waals surface area contributed by atoms with Crippen molar-refractivity contribution < 1.29 is 12.8 Å². The first-order chi connectivity index (χ1) is 9.83. The number of anilines is 1. The normalized spacial score (nSPS) is 11.6. The molecular formula is C14H17BrN2O3S. The number of benzene rings is 1. The highest BCUT2D eigenvalue weighted by atomic mass is 79.9. The minimum absolute atomic E-state index is 0.160. The van der Waals surface area contributed by atoms with Crippen molar-refractivity contribution in [3.05, 3.63) is 45.8 Å². The standard InChI is InChI=1S/C14H17BrN2O3S/c1-9-6-11(4-5-13(9)15)17-21(18,19)14-7-12(8-16-3)20-10(14)2/h4-7,16-17H,8H2,1-3H3. The molecule has 0 spiro atoms. The van der Waals surface area contributed by atoms with Gasteiger partial charge in [0.15, 0.2) is 0 Å². The molecule has 2 N–H and O–H groups in total. The number of rotatable bonds is 5. The summed E-state index contributed by atoms with van der Waals surface area (Å²) in [4.78, 5) is 0.160. The van der Waals surface area contributed by atoms with Gasteiger partial charge in [-0.05, 0) is 44.7 Å². The van der Waals surface area contributed by atoms with Gasteiger partial charge in [-0.15, -0.1) is 0 Å². The number of sulfonamides is 1. The van der Waals surface area contributed by atoms with Crippen LogP contribution in [0.3, 0.4) is 0 Å². The molecule has 0 bridgehead atoms. The Morgan fingerprint density at radius 3 is 2.57 bits per heavy atom. The molecule has 0 aliphatic heterocycles. The van der Waals surface area contributed by atoms with Gasteiger partial charge in [0.1, 0.15) is 16.4 Å². The minimum atomic E-state index is -3.66. The third-order valence-electron chi connectivity index (χ3n) is 2.97. The van der Waals surface area contributed by atoms with Gasteiger partial charge in [-0.3, -0.25) is 4.72 Å². The Labute approximate surface area is 132 Å². The van der Waals surface area contributed by atoms with Gasteiger partial charge in [0.2, 0.25) is 0 Å². The SMILES string of the molecule is CNCc1cc(S(=O)(=O)Nc2ccc(Br)c(C)c2)c(C)o1. The molecule has 0 fully saturated rings. The molecule has 0 amide bonds. The maximum atomic E-state index is 12.4. The van der Waals surface area contributed by atoms with Crippen LogP contribution in [0, 0.1) is 13.8 Å². The molecule has 114 valence electrons. The van der Waals surface area contributed by atoms with Crippen molar-refractivity contribution in [1.29, 1.82) is 0 Å². The van der Waals surface area contributed by atoms with E-state index in [2.05, 4.69) is 26.0 Å². The second-order valence-electron chi connectivity index (χ2n) is 4.73. The van der Waals surface area contributed by atoms with Gasteiger partial charge >= 0.3 is 0 Å². The third kappa shape index (κ3) is 3.66. The van der Waals surface area contributed by atoms with Crippen LogP contribution in [-0.4, -0.2) is 15.5 Å². The summed E-state index contributed by atoms with van der Waals surface area (Å²) in [5.41, 5.74) is 1.47. The Bertz CT molecular complexity index is 754. The molecule has 1 aromatic heterocycles. The Hall–Kier alpha value is -1.31. The minimum Gasteiger partial charge on any atom is -0.464 e. The van der Waals surface area contributed by atoms with Crippen molar-refractivity contribution in [2.75, 3.05) is 11.8 Å². The highest BCUT2D eigenvalue weighted by Crippen LogP contribution is 2.25. The van der Waals surface area contributed by atoms with Crippen molar-refractivity contribution in [3.8, 4) is 0 Å². The second-order valence-corrected chi connectivity index (χ2v) is 7.24. The second kappa shape index (κ2) is 6.21. The van der Waals surface area contributed by atoms with Gasteiger partial charge in [-0.25, -0.2) is 8.42 Å². The zero-order valence-corrected chi connectivity index (χ0v) is 14.4. The average Bonchev–Trinajstić information content (AvgIpc) is 2.76. The van der Waals surface area contributed by atoms with Crippen molar-refractivity contribution in [3.63, 3.8) is 0 Å². The molecule has 0 aliphatic carbocycles. The van der Waals surface area contributed by atoms with Crippen LogP contribution in [-0.2, 0) is 16.6 Å². The quantitative estimate of drug-likeness (QED) is 0.845. The smallest absolute Gasteiger partial charge is 0.265 e. The molecule has 2 aromatic rings. The van der Waals surface area contributed by atoms with Gasteiger partial charge < -0.3 is 9.73 Å². The van der Waals surface area contributed by atoms with E-state index in [1.807, 2.05) is 13.0 Å². The van der Waals surface area contributed by atoms with Crippen LogP contribution in [0.25, 0.3) is 0 Å². The third-order valence-corrected chi connectivity index (χ3v) is 5.35. The number of aryl methyl sites for hydroxylation is 2. The first-order valence-electron chi connectivity index (χ1n) is 6.36. The molecule has 0 saturated carbocycles. The summed E-state index contributed by atoms with van der Waals surface area (Å²) < 4.78 is 33.8. The zero-order valence-electron chi connectivity index (χ0n) is 12.0. The molecule has 21 heavy (non-hydrogen) atoms. The first-order valence-corrected chi connectivity index (χ1v) is 8.64. The summed E-state index contributed by atoms with van der Waals surface area (Å²) in [5.74, 6) is 0.962. The molecular weight excluding hydrogens is 356 g/mol. The summed E-state index contributed by atoms with van der Waals surface area (Å²) in [6, 6.07) is 6.83. The van der Waals surface area contributed by atoms with E-state index in [0.717, 1.165) is 10.0 Å². The number of furan rings is 1. The summed E-state index contributed by atoms with van der Waals surface area (Å²) in [7, 11) is -1.89. The Balaban J connectivity index is 2.31. The Morgan fingerprint density at radius 1 is 1.24 bits per heavy atom. The van der Waals surface area contributed by atoms with E-state index in [4.69, 9.17) is 4.42 Å². The van der Waals surface area contributed by atoms with Crippen LogP contribution in [0.15, 0.2) is 38.1 Å². The van der Waals surface area contributed by atoms with Gasteiger partial charge in [0, 0.05) is 16.2 Å². The van der Waals surface area contributed by atoms with Crippen LogP contribution in [0.1, 0.15) is 17.1 Å². The van der Waals surface area contributed by atoms with Gasteiger partial charge in [-0.2, -0.15) is 0 Å². The van der Waals surface area contributed by atoms with Crippen LogP contribution in [0.5, 0.6) is 0 Å². The van der Waals surface area contributed by atoms with Crippen molar-refractivity contribution in [1.82, 2.24) is 5.32 Å². The fourth-order valence-electron chi connectivity index (χ4n) is 1.97. The predicted molar refractivity (Wildman–Crippen MR) is 85.9 cm³/mol. The molecule has 0 radical (unpaired) electrons. The molecule has 2 rings (SSSR count). The van der Waals surface area contributed by atoms with Crippen LogP contribution in [0.2, 0.25) is 0 Å². The van der Waals surface area contributed by atoms with Crippen molar-refractivity contribution in [2.24, 2.45) is 0 Å². The predicted octanol–water partition coefficient (Wildman–Crippen LogP) is 3.18. The fraction of sp³-hybridized carbons (Fsp3) is 0.286. The zero-order chi connectivity index (χ0) is 15.6. The first kappa shape index (κ1) is 16.1. The molecule has 0 unspecified atom stereocenters. The van der Waals surface area contributed by atoms with E-state index >= 15 is 0 Å². The van der Waals surface area contributed by atoms with Crippen molar-refractivity contribution in [2.45, 2.75) is 25.3 Å². The largest absolute Gasteiger partial charge is 0.464 e. The topological polar surface area (TPSA) is 71.3 Å². The molecule has 0 atom stereocenters. The Morgan fingerprint density at radius 2 is 1.95 bits per heavy atom. The lowest BCUT2D eigenvalue weighted by Gasteiger charge is -2.08. The van der Waals surface area contributed by atoms with E-state index in [-0.39, 0.29) is 4.90 Å². The van der Waals surface area contributed by atoms with E-state index in [0.29, 0.717) is 23.8 Å². The molecule has 0 aliphatic rings. The Kier molecular flexibility index (Phi) is 4.75. The van der Waals surface area contributed by atoms with E-state index < -0.39 is 10.0 Å². The van der Waals surface area contributed by atoms with Crippen LogP contribution < -0.4 is 10.0 Å². The lowest BCUT2D eigenvalue weighted by molar-refractivity contribution is 0.466. The highest BCUT2D eigenvalue weighted by Gasteiger charge is 2.21. The van der Waals surface area contributed by atoms with Gasteiger partial charge in [0.05, 0.1) is 6.54 Å². The monoisotopic (exact) mass is 372 g/mol. The van der Waals surface area contributed by atoms with Crippen molar-refractivity contribution >= 4 is 31.6 Å². The molecule has 5 nitrogen and oxygen atoms in total. The summed E-state index contributed by atoms with van der Waals surface area (Å²) in [6.45, 7) is 4.02. The number of nitrogens with one attached hydrogen (secondary N) is 2. The van der Waals surface area contributed by atoms with Gasteiger partial charge in [0.25, 0.3) is 10.0 Å². The van der Waals surface area contributed by atoms with Gasteiger partial charge in [-0.1, -0.05) is 15.9 Å². The number of hydrogen-bond acceptors (Lipinski definition) is 4. The molecule has 1 heterocycles. The molecule has 0 saturated heterocycles. The van der Waals surface area contributed by atoms with Crippen LogP contribution >= 0.6 is 15.9 Å². The van der Waals surface area contributed by atoms with E-state index in [1.54, 1.807) is 32.2 Å². The summed E-state index contributed by atoms with van der Waals surface area (Å²) >= 11 is 3.39. The van der Waals surface area contributed by atoms with E-state index in [1.165, 1.54) is 0 Å². The number of hydrogen-bond donors (Lipinski definition) is 2. The summed E-state index contributed by atoms with van der Waals surface area (Å²) in [5, 5.41) is 2.93. The lowest BCUT2D eigenvalue weighted by atomic mass is 10.2. The number of halogens is 1. The van der Waals surface area contributed by atoms with E-state index in [9.17, 15) is 8.42 Å². The lowest BCUT2D eigenvalue weighted by Crippen LogP contribution is -2.13. The molecule has 7 heteroatoms. The highest BCUT2D eigenvalue weighted by molar-refractivity contribution is 9.10. The maximum Gasteiger partial charge on any atom is 0.265 e. The summed E-state index contributed by atoms with van der Waals surface area (Å²) in [6.07, 6.45) is 0. The maximum absolute atomic E-state index is 12.4. The molecule has 1 aromatic carbocycles. The van der Waals surface area contributed by atoms with Crippen LogP contribution in [0.4, 0.5) is 5.69 Å². The fourth-order valence-corrected chi connectivity index (χ4v) is 3.47.